The highest BCUT2D eigenvalue weighted by atomic mass is 16.1. The zero-order chi connectivity index (χ0) is 11.9. The first-order chi connectivity index (χ1) is 7.41. The molecule has 1 aliphatic heterocycles. The van der Waals surface area contributed by atoms with Gasteiger partial charge in [0.1, 0.15) is 5.69 Å². The van der Waals surface area contributed by atoms with Gasteiger partial charge in [-0.25, -0.2) is 0 Å². The van der Waals surface area contributed by atoms with E-state index in [1.54, 1.807) is 4.57 Å². The normalized spacial score (nSPS) is 16.1. The van der Waals surface area contributed by atoms with Gasteiger partial charge in [0.25, 0.3) is 5.56 Å². The highest BCUT2D eigenvalue weighted by Gasteiger charge is 2.25. The molecule has 5 nitrogen and oxygen atoms in total. The van der Waals surface area contributed by atoms with Crippen LogP contribution in [0.5, 0.6) is 0 Å². The third kappa shape index (κ3) is 1.70. The fourth-order valence-electron chi connectivity index (χ4n) is 1.93. The predicted molar refractivity (Wildman–Crippen MR) is 62.9 cm³/mol. The Kier molecular flexibility index (Phi) is 2.48. The third-order valence-corrected chi connectivity index (χ3v) is 2.86. The lowest BCUT2D eigenvalue weighted by Gasteiger charge is -2.28. The highest BCUT2D eigenvalue weighted by Crippen LogP contribution is 2.18. The number of aromatic nitrogens is 3. The minimum atomic E-state index is -0.248. The summed E-state index contributed by atoms with van der Waals surface area (Å²) >= 11 is 0. The largest absolute Gasteiger partial charge is 0.344 e. The predicted octanol–water partition coefficient (Wildman–Crippen LogP) is 0.776. The molecule has 1 aromatic heterocycles. The van der Waals surface area contributed by atoms with E-state index in [-0.39, 0.29) is 11.0 Å². The third-order valence-electron chi connectivity index (χ3n) is 2.86. The number of fused-ring (bicyclic) bond motifs is 1. The van der Waals surface area contributed by atoms with Gasteiger partial charge >= 0.3 is 0 Å². The van der Waals surface area contributed by atoms with Crippen molar-refractivity contribution < 1.29 is 0 Å². The van der Waals surface area contributed by atoms with Gasteiger partial charge in [-0.15, -0.1) is 10.2 Å². The van der Waals surface area contributed by atoms with Crippen LogP contribution in [0.2, 0.25) is 0 Å². The molecule has 16 heavy (non-hydrogen) atoms. The lowest BCUT2D eigenvalue weighted by atomic mass is 9.92. The van der Waals surface area contributed by atoms with Crippen LogP contribution >= 0.6 is 0 Å². The van der Waals surface area contributed by atoms with E-state index < -0.39 is 0 Å². The molecule has 0 saturated carbocycles. The molecular weight excluding hydrogens is 204 g/mol. The second-order valence-corrected chi connectivity index (χ2v) is 5.33. The fourth-order valence-corrected chi connectivity index (χ4v) is 1.93. The summed E-state index contributed by atoms with van der Waals surface area (Å²) in [7, 11) is 1.94. The summed E-state index contributed by atoms with van der Waals surface area (Å²) in [5.74, 6) is 0.684. The van der Waals surface area contributed by atoms with Crippen molar-refractivity contribution >= 4 is 5.95 Å². The summed E-state index contributed by atoms with van der Waals surface area (Å²) in [5, 5.41) is 8.25. The molecule has 0 aliphatic carbocycles. The number of rotatable bonds is 0. The van der Waals surface area contributed by atoms with Gasteiger partial charge in [-0.05, 0) is 6.42 Å². The molecular formula is C11H18N4O. The Morgan fingerprint density at radius 3 is 2.50 bits per heavy atom. The second-order valence-electron chi connectivity index (χ2n) is 5.33. The van der Waals surface area contributed by atoms with Gasteiger partial charge in [0.05, 0.1) is 0 Å². The van der Waals surface area contributed by atoms with Crippen molar-refractivity contribution in [1.29, 1.82) is 0 Å². The Labute approximate surface area is 95.1 Å². The van der Waals surface area contributed by atoms with Crippen molar-refractivity contribution in [2.24, 2.45) is 0 Å². The van der Waals surface area contributed by atoms with Crippen LogP contribution in [0.25, 0.3) is 0 Å². The average Bonchev–Trinajstić information content (AvgIpc) is 2.18. The number of anilines is 1. The lowest BCUT2D eigenvalue weighted by Crippen LogP contribution is -2.40. The van der Waals surface area contributed by atoms with Crippen LogP contribution in [-0.2, 0) is 12.0 Å². The maximum atomic E-state index is 12.2. The van der Waals surface area contributed by atoms with E-state index in [4.69, 9.17) is 0 Å². The molecule has 0 radical (unpaired) electrons. The van der Waals surface area contributed by atoms with Crippen LogP contribution in [-0.4, -0.2) is 28.4 Å². The smallest absolute Gasteiger partial charge is 0.277 e. The summed E-state index contributed by atoms with van der Waals surface area (Å²) < 4.78 is 1.73. The van der Waals surface area contributed by atoms with Gasteiger partial charge in [0, 0.05) is 25.6 Å². The molecule has 0 amide bonds. The van der Waals surface area contributed by atoms with Crippen LogP contribution < -0.4 is 10.5 Å². The molecule has 5 heteroatoms. The van der Waals surface area contributed by atoms with Crippen molar-refractivity contribution in [2.75, 3.05) is 18.5 Å². The molecule has 88 valence electrons. The molecule has 2 heterocycles. The molecule has 1 aliphatic rings. The van der Waals surface area contributed by atoms with Crippen LogP contribution in [0.15, 0.2) is 4.79 Å². The van der Waals surface area contributed by atoms with Gasteiger partial charge in [-0.2, -0.15) is 0 Å². The topological polar surface area (TPSA) is 51.0 Å². The van der Waals surface area contributed by atoms with Crippen molar-refractivity contribution in [3.63, 3.8) is 0 Å². The Balaban J connectivity index is 2.60. The molecule has 0 unspecified atom stereocenters. The molecule has 0 N–H and O–H groups in total. The number of hydrogen-bond donors (Lipinski definition) is 0. The van der Waals surface area contributed by atoms with Crippen LogP contribution in [0.4, 0.5) is 5.95 Å². The first-order valence-corrected chi connectivity index (χ1v) is 5.60. The molecule has 0 bridgehead atoms. The van der Waals surface area contributed by atoms with E-state index in [0.29, 0.717) is 11.6 Å². The summed E-state index contributed by atoms with van der Waals surface area (Å²) in [5.41, 5.74) is 0.304. The number of nitrogens with zero attached hydrogens (tertiary/aromatic N) is 4. The van der Waals surface area contributed by atoms with Crippen molar-refractivity contribution in [3.05, 3.63) is 16.0 Å². The van der Waals surface area contributed by atoms with Gasteiger partial charge in [0.15, 0.2) is 0 Å². The van der Waals surface area contributed by atoms with E-state index in [1.807, 2.05) is 32.7 Å². The summed E-state index contributed by atoms with van der Waals surface area (Å²) in [6.45, 7) is 7.63. The van der Waals surface area contributed by atoms with Crippen molar-refractivity contribution in [3.8, 4) is 0 Å². The Morgan fingerprint density at radius 1 is 1.19 bits per heavy atom. The van der Waals surface area contributed by atoms with E-state index in [9.17, 15) is 4.79 Å². The highest BCUT2D eigenvalue weighted by molar-refractivity contribution is 5.30. The van der Waals surface area contributed by atoms with Gasteiger partial charge in [-0.3, -0.25) is 9.36 Å². The quantitative estimate of drug-likeness (QED) is 0.651. The Hall–Kier alpha value is -1.39. The van der Waals surface area contributed by atoms with E-state index in [0.717, 1.165) is 19.5 Å². The Morgan fingerprint density at radius 2 is 1.88 bits per heavy atom. The Bertz CT molecular complexity index is 458. The second kappa shape index (κ2) is 3.57. The van der Waals surface area contributed by atoms with E-state index in [1.165, 1.54) is 0 Å². The zero-order valence-corrected chi connectivity index (χ0v) is 10.3. The maximum absolute atomic E-state index is 12.2. The van der Waals surface area contributed by atoms with E-state index in [2.05, 4.69) is 10.2 Å². The zero-order valence-electron chi connectivity index (χ0n) is 10.3. The average molecular weight is 222 g/mol. The summed E-state index contributed by atoms with van der Waals surface area (Å²) in [4.78, 5) is 14.2. The van der Waals surface area contributed by atoms with Crippen LogP contribution in [0.1, 0.15) is 32.9 Å². The van der Waals surface area contributed by atoms with Gasteiger partial charge < -0.3 is 4.90 Å². The molecule has 1 aromatic rings. The summed E-state index contributed by atoms with van der Waals surface area (Å²) in [6, 6.07) is 0. The molecule has 2 rings (SSSR count). The molecule has 0 saturated heterocycles. The van der Waals surface area contributed by atoms with Crippen LogP contribution in [0.3, 0.4) is 0 Å². The lowest BCUT2D eigenvalue weighted by molar-refractivity contribution is 0.490. The maximum Gasteiger partial charge on any atom is 0.277 e. The minimum absolute atomic E-state index is 0.00375. The van der Waals surface area contributed by atoms with Crippen LogP contribution in [0, 0.1) is 0 Å². The molecule has 0 atom stereocenters. The molecule has 0 fully saturated rings. The summed E-state index contributed by atoms with van der Waals surface area (Å²) in [6.07, 6.45) is 0.985. The first-order valence-electron chi connectivity index (χ1n) is 5.60. The van der Waals surface area contributed by atoms with Crippen molar-refractivity contribution in [2.45, 2.75) is 39.2 Å². The fraction of sp³-hybridized carbons (Fsp3) is 0.727. The monoisotopic (exact) mass is 222 g/mol. The van der Waals surface area contributed by atoms with Gasteiger partial charge in [-0.1, -0.05) is 20.8 Å². The van der Waals surface area contributed by atoms with Crippen molar-refractivity contribution in [1.82, 2.24) is 14.8 Å². The minimum Gasteiger partial charge on any atom is -0.344 e. The van der Waals surface area contributed by atoms with E-state index >= 15 is 0 Å². The standard InChI is InChI=1S/C11H18N4O/c1-11(2,3)8-9(16)15-7-5-6-14(4)10(15)13-12-8/h5-7H2,1-4H3. The number of hydrogen-bond acceptors (Lipinski definition) is 4. The SMILES string of the molecule is CN1CCCn2c1nnc(C(C)(C)C)c2=O. The molecule has 0 spiro atoms. The first kappa shape index (κ1) is 11.1. The molecule has 0 aromatic carbocycles. The van der Waals surface area contributed by atoms with Gasteiger partial charge in [0.2, 0.25) is 5.95 Å².